The van der Waals surface area contributed by atoms with Crippen LogP contribution in [0.15, 0.2) is 17.2 Å². The van der Waals surface area contributed by atoms with Crippen LogP contribution in [-0.2, 0) is 11.3 Å². The van der Waals surface area contributed by atoms with Gasteiger partial charge in [0.1, 0.15) is 11.4 Å². The third kappa shape index (κ3) is 3.50. The summed E-state index contributed by atoms with van der Waals surface area (Å²) in [5.41, 5.74) is -0.135. The zero-order chi connectivity index (χ0) is 15.4. The molecule has 0 aliphatic carbocycles. The molecule has 1 amide bonds. The van der Waals surface area contributed by atoms with E-state index in [0.29, 0.717) is 11.9 Å². The van der Waals surface area contributed by atoms with E-state index in [1.165, 1.54) is 22.2 Å². The van der Waals surface area contributed by atoms with E-state index >= 15 is 0 Å². The highest BCUT2D eigenvalue weighted by Crippen LogP contribution is 2.19. The first-order valence-electron chi connectivity index (χ1n) is 7.30. The number of likely N-dealkylation sites (N-methyl/N-ethyl adjacent to an activating group) is 1. The number of rotatable bonds is 6. The maximum atomic E-state index is 12.4. The molecule has 0 saturated carbocycles. The van der Waals surface area contributed by atoms with Crippen LogP contribution < -0.4 is 5.56 Å². The Labute approximate surface area is 128 Å². The lowest BCUT2D eigenvalue weighted by atomic mass is 10.3. The first kappa shape index (κ1) is 15.7. The van der Waals surface area contributed by atoms with Crippen molar-refractivity contribution >= 4 is 27.5 Å². The Morgan fingerprint density at radius 3 is 2.86 bits per heavy atom. The van der Waals surface area contributed by atoms with Gasteiger partial charge < -0.3 is 4.90 Å². The average molecular weight is 307 g/mol. The summed E-state index contributed by atoms with van der Waals surface area (Å²) in [6.07, 6.45) is 3.51. The summed E-state index contributed by atoms with van der Waals surface area (Å²) in [5, 5.41) is 0.601. The molecule has 2 rings (SSSR count). The highest BCUT2D eigenvalue weighted by Gasteiger charge is 2.14. The van der Waals surface area contributed by atoms with Gasteiger partial charge in [-0.3, -0.25) is 14.2 Å². The van der Waals surface area contributed by atoms with Crippen molar-refractivity contribution in [3.05, 3.63) is 27.6 Å². The van der Waals surface area contributed by atoms with E-state index in [0.717, 1.165) is 29.1 Å². The van der Waals surface area contributed by atoms with E-state index < -0.39 is 0 Å². The van der Waals surface area contributed by atoms with Gasteiger partial charge in [-0.25, -0.2) is 4.98 Å². The average Bonchev–Trinajstić information content (AvgIpc) is 2.84. The fourth-order valence-electron chi connectivity index (χ4n) is 2.25. The van der Waals surface area contributed by atoms with Crippen LogP contribution in [0, 0.1) is 6.92 Å². The second kappa shape index (κ2) is 6.85. The molecular weight excluding hydrogens is 286 g/mol. The number of thiophene rings is 1. The van der Waals surface area contributed by atoms with Crippen molar-refractivity contribution in [1.29, 1.82) is 0 Å². The second-order valence-electron chi connectivity index (χ2n) is 5.08. The summed E-state index contributed by atoms with van der Waals surface area (Å²) in [6, 6.07) is 1.84. The number of amides is 1. The lowest BCUT2D eigenvalue weighted by Gasteiger charge is -2.20. The highest BCUT2D eigenvalue weighted by atomic mass is 32.1. The van der Waals surface area contributed by atoms with Crippen LogP contribution >= 0.6 is 11.3 Å². The van der Waals surface area contributed by atoms with Crippen LogP contribution in [0.1, 0.15) is 31.6 Å². The molecule has 2 heterocycles. The zero-order valence-corrected chi connectivity index (χ0v) is 13.6. The Balaban J connectivity index is 2.20. The molecule has 0 bridgehead atoms. The fourth-order valence-corrected chi connectivity index (χ4v) is 3.08. The Bertz CT molecular complexity index is 690. The Morgan fingerprint density at radius 1 is 1.43 bits per heavy atom. The third-order valence-corrected chi connectivity index (χ3v) is 4.42. The summed E-state index contributed by atoms with van der Waals surface area (Å²) < 4.78 is 1.41. The van der Waals surface area contributed by atoms with E-state index in [-0.39, 0.29) is 18.0 Å². The minimum atomic E-state index is -0.135. The molecule has 6 heteroatoms. The van der Waals surface area contributed by atoms with E-state index in [1.54, 1.807) is 4.90 Å². The number of carbonyl (C=O) groups is 1. The predicted octanol–water partition coefficient (Wildman–Crippen LogP) is 2.42. The molecule has 0 aliphatic heterocycles. The Morgan fingerprint density at radius 2 is 2.19 bits per heavy atom. The van der Waals surface area contributed by atoms with Gasteiger partial charge in [0.15, 0.2) is 0 Å². The molecule has 0 fully saturated rings. The van der Waals surface area contributed by atoms with Crippen LogP contribution in [0.25, 0.3) is 10.2 Å². The van der Waals surface area contributed by atoms with E-state index in [2.05, 4.69) is 11.9 Å². The number of carbonyl (C=O) groups excluding carboxylic acids is 1. The quantitative estimate of drug-likeness (QED) is 0.823. The molecule has 114 valence electrons. The molecule has 0 saturated heterocycles. The van der Waals surface area contributed by atoms with Gasteiger partial charge in [-0.15, -0.1) is 11.3 Å². The molecule has 0 aliphatic rings. The van der Waals surface area contributed by atoms with Gasteiger partial charge in [-0.2, -0.15) is 0 Å². The van der Waals surface area contributed by atoms with Crippen molar-refractivity contribution in [3.8, 4) is 0 Å². The standard InChI is InChI=1S/C15H21N3O2S/c1-4-6-7-17(5-2)13(19)9-18-10-16-14-12(15(18)20)8-11(3)21-14/h8,10H,4-7,9H2,1-3H3. The first-order chi connectivity index (χ1) is 10.1. The second-order valence-corrected chi connectivity index (χ2v) is 6.32. The van der Waals surface area contributed by atoms with Gasteiger partial charge in [0, 0.05) is 18.0 Å². The van der Waals surface area contributed by atoms with Gasteiger partial charge in [0.05, 0.1) is 11.7 Å². The molecule has 0 N–H and O–H groups in total. The maximum Gasteiger partial charge on any atom is 0.262 e. The van der Waals surface area contributed by atoms with Crippen LogP contribution in [0.5, 0.6) is 0 Å². The van der Waals surface area contributed by atoms with Crippen molar-refractivity contribution in [3.63, 3.8) is 0 Å². The maximum absolute atomic E-state index is 12.4. The molecule has 21 heavy (non-hydrogen) atoms. The molecule has 0 unspecified atom stereocenters. The summed E-state index contributed by atoms with van der Waals surface area (Å²) in [7, 11) is 0. The minimum absolute atomic E-state index is 0.0267. The predicted molar refractivity (Wildman–Crippen MR) is 85.8 cm³/mol. The Hall–Kier alpha value is -1.69. The molecule has 2 aromatic rings. The monoisotopic (exact) mass is 307 g/mol. The topological polar surface area (TPSA) is 55.2 Å². The van der Waals surface area contributed by atoms with Gasteiger partial charge >= 0.3 is 0 Å². The number of fused-ring (bicyclic) bond motifs is 1. The number of hydrogen-bond acceptors (Lipinski definition) is 4. The summed E-state index contributed by atoms with van der Waals surface area (Å²) >= 11 is 1.50. The summed E-state index contributed by atoms with van der Waals surface area (Å²) in [6.45, 7) is 7.48. The first-order valence-corrected chi connectivity index (χ1v) is 8.11. The Kier molecular flexibility index (Phi) is 5.12. The number of unbranched alkanes of at least 4 members (excludes halogenated alkanes) is 1. The van der Waals surface area contributed by atoms with Gasteiger partial charge in [0.25, 0.3) is 5.56 Å². The molecule has 0 aromatic carbocycles. The lowest BCUT2D eigenvalue weighted by molar-refractivity contribution is -0.131. The van der Waals surface area contributed by atoms with Crippen molar-refractivity contribution in [2.45, 2.75) is 40.2 Å². The summed E-state index contributed by atoms with van der Waals surface area (Å²) in [5.74, 6) is -0.0267. The van der Waals surface area contributed by atoms with E-state index in [1.807, 2.05) is 19.9 Å². The van der Waals surface area contributed by atoms with E-state index in [4.69, 9.17) is 0 Å². The minimum Gasteiger partial charge on any atom is -0.341 e. The van der Waals surface area contributed by atoms with Crippen molar-refractivity contribution in [1.82, 2.24) is 14.5 Å². The molecule has 5 nitrogen and oxygen atoms in total. The largest absolute Gasteiger partial charge is 0.341 e. The number of hydrogen-bond donors (Lipinski definition) is 0. The highest BCUT2D eigenvalue weighted by molar-refractivity contribution is 7.18. The van der Waals surface area contributed by atoms with Crippen molar-refractivity contribution < 1.29 is 4.79 Å². The molecule has 0 spiro atoms. The number of aryl methyl sites for hydroxylation is 1. The van der Waals surface area contributed by atoms with Crippen molar-refractivity contribution in [2.75, 3.05) is 13.1 Å². The zero-order valence-electron chi connectivity index (χ0n) is 12.8. The molecule has 0 radical (unpaired) electrons. The van der Waals surface area contributed by atoms with Gasteiger partial charge in [0.2, 0.25) is 5.91 Å². The van der Waals surface area contributed by atoms with Crippen LogP contribution in [0.2, 0.25) is 0 Å². The third-order valence-electron chi connectivity index (χ3n) is 3.46. The molecule has 0 atom stereocenters. The molecule has 2 aromatic heterocycles. The van der Waals surface area contributed by atoms with Crippen LogP contribution in [0.3, 0.4) is 0 Å². The molecular formula is C15H21N3O2S. The smallest absolute Gasteiger partial charge is 0.262 e. The number of aromatic nitrogens is 2. The van der Waals surface area contributed by atoms with Crippen LogP contribution in [0.4, 0.5) is 0 Å². The van der Waals surface area contributed by atoms with Crippen LogP contribution in [-0.4, -0.2) is 33.4 Å². The summed E-state index contributed by atoms with van der Waals surface area (Å²) in [4.78, 5) is 32.5. The van der Waals surface area contributed by atoms with Gasteiger partial charge in [-0.05, 0) is 26.3 Å². The van der Waals surface area contributed by atoms with E-state index in [9.17, 15) is 9.59 Å². The van der Waals surface area contributed by atoms with Gasteiger partial charge in [-0.1, -0.05) is 13.3 Å². The number of nitrogens with zero attached hydrogens (tertiary/aromatic N) is 3. The lowest BCUT2D eigenvalue weighted by Crippen LogP contribution is -2.37. The fraction of sp³-hybridized carbons (Fsp3) is 0.533. The normalized spacial score (nSPS) is 11.0. The SMILES string of the molecule is CCCCN(CC)C(=O)Cn1cnc2sc(C)cc2c1=O. The van der Waals surface area contributed by atoms with Crippen molar-refractivity contribution in [2.24, 2.45) is 0 Å².